The predicted octanol–water partition coefficient (Wildman–Crippen LogP) is 1.83. The highest BCUT2D eigenvalue weighted by molar-refractivity contribution is 9.10. The molecule has 0 unspecified atom stereocenters. The highest BCUT2D eigenvalue weighted by atomic mass is 79.9. The average molecular weight is 299 g/mol. The van der Waals surface area contributed by atoms with E-state index in [1.165, 1.54) is 0 Å². The van der Waals surface area contributed by atoms with Crippen LogP contribution in [-0.4, -0.2) is 32.3 Å². The molecular weight excluding hydrogens is 284 g/mol. The second kappa shape index (κ2) is 6.39. The molecule has 1 aromatic rings. The van der Waals surface area contributed by atoms with Gasteiger partial charge in [-0.1, -0.05) is 15.9 Å². The normalized spacial score (nSPS) is 9.82. The molecule has 17 heavy (non-hydrogen) atoms. The van der Waals surface area contributed by atoms with Crippen molar-refractivity contribution in [3.8, 4) is 0 Å². The third-order valence-corrected chi connectivity index (χ3v) is 2.95. The van der Waals surface area contributed by atoms with Crippen LogP contribution in [0.25, 0.3) is 0 Å². The molecule has 0 aromatic heterocycles. The van der Waals surface area contributed by atoms with Gasteiger partial charge in [0, 0.05) is 29.3 Å². The van der Waals surface area contributed by atoms with E-state index in [0.29, 0.717) is 12.1 Å². The van der Waals surface area contributed by atoms with Gasteiger partial charge < -0.3 is 10.2 Å². The maximum absolute atomic E-state index is 11.4. The number of carbonyl (C=O) groups excluding carboxylic acids is 2. The van der Waals surface area contributed by atoms with Crippen LogP contribution in [0.4, 0.5) is 5.69 Å². The molecule has 0 aliphatic rings. The molecule has 1 amide bonds. The van der Waals surface area contributed by atoms with Crippen molar-refractivity contribution in [1.29, 1.82) is 0 Å². The van der Waals surface area contributed by atoms with Crippen LogP contribution in [-0.2, 0) is 4.79 Å². The maximum atomic E-state index is 11.4. The minimum atomic E-state index is -0.0799. The molecular formula is C12H15BrN2O2. The van der Waals surface area contributed by atoms with E-state index in [9.17, 15) is 9.59 Å². The monoisotopic (exact) mass is 298 g/mol. The first kappa shape index (κ1) is 13.7. The number of hydrogen-bond donors (Lipinski definition) is 1. The third kappa shape index (κ3) is 3.56. The fourth-order valence-corrected chi connectivity index (χ4v) is 1.86. The smallest absolute Gasteiger partial charge is 0.239 e. The molecule has 0 aliphatic heterocycles. The molecule has 0 saturated carbocycles. The summed E-state index contributed by atoms with van der Waals surface area (Å²) in [6, 6.07) is 5.38. The van der Waals surface area contributed by atoms with Gasteiger partial charge in [0.25, 0.3) is 0 Å². The largest absolute Gasteiger partial charge is 0.362 e. The molecule has 92 valence electrons. The number of rotatable bonds is 5. The van der Waals surface area contributed by atoms with E-state index in [0.717, 1.165) is 16.4 Å². The summed E-state index contributed by atoms with van der Waals surface area (Å²) in [6.45, 7) is 2.84. The van der Waals surface area contributed by atoms with Gasteiger partial charge in [-0.05, 0) is 25.1 Å². The lowest BCUT2D eigenvalue weighted by Crippen LogP contribution is -2.36. The number of benzene rings is 1. The number of hydrogen-bond acceptors (Lipinski definition) is 3. The Hall–Kier alpha value is -1.36. The molecule has 0 bridgehead atoms. The van der Waals surface area contributed by atoms with Crippen molar-refractivity contribution in [2.45, 2.75) is 6.92 Å². The molecule has 0 heterocycles. The summed E-state index contributed by atoms with van der Waals surface area (Å²) in [6.07, 6.45) is 0.800. The first-order valence-corrected chi connectivity index (χ1v) is 6.12. The molecule has 0 aliphatic carbocycles. The van der Waals surface area contributed by atoms with E-state index in [1.54, 1.807) is 19.2 Å². The van der Waals surface area contributed by atoms with Crippen LogP contribution in [0.1, 0.15) is 17.3 Å². The molecule has 0 radical (unpaired) electrons. The van der Waals surface area contributed by atoms with Crippen LogP contribution >= 0.6 is 15.9 Å². The Kier molecular flexibility index (Phi) is 5.15. The van der Waals surface area contributed by atoms with Crippen LogP contribution in [0.3, 0.4) is 0 Å². The summed E-state index contributed by atoms with van der Waals surface area (Å²) < 4.78 is 0.883. The maximum Gasteiger partial charge on any atom is 0.239 e. The minimum absolute atomic E-state index is 0.0799. The Bertz CT molecular complexity index is 421. The number of aldehydes is 1. The highest BCUT2D eigenvalue weighted by Crippen LogP contribution is 2.23. The van der Waals surface area contributed by atoms with Crippen LogP contribution in [0.2, 0.25) is 0 Å². The molecule has 0 saturated heterocycles. The third-order valence-electron chi connectivity index (χ3n) is 2.46. The first-order chi connectivity index (χ1) is 8.12. The number of nitrogens with zero attached hydrogens (tertiary/aromatic N) is 1. The Balaban J connectivity index is 3.05. The van der Waals surface area contributed by atoms with Crippen LogP contribution in [0.15, 0.2) is 22.7 Å². The Labute approximate surface area is 109 Å². The summed E-state index contributed by atoms with van der Waals surface area (Å²) in [5.41, 5.74) is 1.35. The Morgan fingerprint density at radius 2 is 2.24 bits per heavy atom. The average Bonchev–Trinajstić information content (AvgIpc) is 2.35. The van der Waals surface area contributed by atoms with Crippen molar-refractivity contribution in [2.75, 3.05) is 25.0 Å². The van der Waals surface area contributed by atoms with Gasteiger partial charge in [-0.3, -0.25) is 9.59 Å². The molecule has 0 atom stereocenters. The lowest BCUT2D eigenvalue weighted by molar-refractivity contribution is -0.119. The standard InChI is InChI=1S/C12H15BrN2O2/c1-3-15(7-12(17)14-2)11-6-10(13)5-4-9(11)8-16/h4-6,8H,3,7H2,1-2H3,(H,14,17). The molecule has 0 fully saturated rings. The number of nitrogens with one attached hydrogen (secondary N) is 1. The quantitative estimate of drug-likeness (QED) is 0.844. The van der Waals surface area contributed by atoms with Crippen LogP contribution < -0.4 is 10.2 Å². The van der Waals surface area contributed by atoms with Gasteiger partial charge in [-0.2, -0.15) is 0 Å². The molecule has 1 aromatic carbocycles. The van der Waals surface area contributed by atoms with E-state index in [4.69, 9.17) is 0 Å². The summed E-state index contributed by atoms with van der Waals surface area (Å²) in [5, 5.41) is 2.57. The molecule has 4 nitrogen and oxygen atoms in total. The van der Waals surface area contributed by atoms with Gasteiger partial charge >= 0.3 is 0 Å². The predicted molar refractivity (Wildman–Crippen MR) is 71.5 cm³/mol. The highest BCUT2D eigenvalue weighted by Gasteiger charge is 2.12. The van der Waals surface area contributed by atoms with E-state index in [-0.39, 0.29) is 12.5 Å². The lowest BCUT2D eigenvalue weighted by atomic mass is 10.1. The van der Waals surface area contributed by atoms with Crippen molar-refractivity contribution >= 4 is 33.8 Å². The molecule has 1 N–H and O–H groups in total. The second-order valence-corrected chi connectivity index (χ2v) is 4.42. The number of anilines is 1. The SMILES string of the molecule is CCN(CC(=O)NC)c1cc(Br)ccc1C=O. The molecule has 5 heteroatoms. The zero-order valence-electron chi connectivity index (χ0n) is 9.87. The lowest BCUT2D eigenvalue weighted by Gasteiger charge is -2.23. The van der Waals surface area contributed by atoms with E-state index >= 15 is 0 Å². The van der Waals surface area contributed by atoms with Gasteiger partial charge in [-0.25, -0.2) is 0 Å². The minimum Gasteiger partial charge on any atom is -0.362 e. The topological polar surface area (TPSA) is 49.4 Å². The van der Waals surface area contributed by atoms with Crippen molar-refractivity contribution in [2.24, 2.45) is 0 Å². The summed E-state index contributed by atoms with van der Waals surface area (Å²) in [4.78, 5) is 24.2. The van der Waals surface area contributed by atoms with Crippen molar-refractivity contribution in [3.63, 3.8) is 0 Å². The van der Waals surface area contributed by atoms with Gasteiger partial charge in [0.1, 0.15) is 0 Å². The Morgan fingerprint density at radius 1 is 1.53 bits per heavy atom. The molecule has 1 rings (SSSR count). The van der Waals surface area contributed by atoms with Gasteiger partial charge in [0.2, 0.25) is 5.91 Å². The second-order valence-electron chi connectivity index (χ2n) is 3.51. The van der Waals surface area contributed by atoms with E-state index in [2.05, 4.69) is 21.2 Å². The Morgan fingerprint density at radius 3 is 2.76 bits per heavy atom. The summed E-state index contributed by atoms with van der Waals surface area (Å²) in [7, 11) is 1.59. The summed E-state index contributed by atoms with van der Waals surface area (Å²) in [5.74, 6) is -0.0799. The zero-order valence-corrected chi connectivity index (χ0v) is 11.5. The van der Waals surface area contributed by atoms with Crippen molar-refractivity contribution < 1.29 is 9.59 Å². The fraction of sp³-hybridized carbons (Fsp3) is 0.333. The molecule has 0 spiro atoms. The van der Waals surface area contributed by atoms with Gasteiger partial charge in [-0.15, -0.1) is 0 Å². The van der Waals surface area contributed by atoms with Crippen LogP contribution in [0.5, 0.6) is 0 Å². The fourth-order valence-electron chi connectivity index (χ4n) is 1.51. The first-order valence-electron chi connectivity index (χ1n) is 5.32. The zero-order chi connectivity index (χ0) is 12.8. The number of likely N-dealkylation sites (N-methyl/N-ethyl adjacent to an activating group) is 2. The van der Waals surface area contributed by atoms with Crippen molar-refractivity contribution in [1.82, 2.24) is 5.32 Å². The van der Waals surface area contributed by atoms with Crippen molar-refractivity contribution in [3.05, 3.63) is 28.2 Å². The summed E-state index contributed by atoms with van der Waals surface area (Å²) >= 11 is 3.36. The van der Waals surface area contributed by atoms with Crippen LogP contribution in [0, 0.1) is 0 Å². The van der Waals surface area contributed by atoms with Gasteiger partial charge in [0.05, 0.1) is 6.54 Å². The number of carbonyl (C=O) groups is 2. The van der Waals surface area contributed by atoms with E-state index in [1.807, 2.05) is 17.9 Å². The number of halogens is 1. The van der Waals surface area contributed by atoms with E-state index < -0.39 is 0 Å². The van der Waals surface area contributed by atoms with Gasteiger partial charge in [0.15, 0.2) is 6.29 Å². The number of amides is 1.